The molecule has 1 N–H and O–H groups in total. The van der Waals surface area contributed by atoms with E-state index in [1.807, 2.05) is 54.6 Å². The Bertz CT molecular complexity index is 1360. The number of nitrogens with one attached hydrogen (secondary N) is 1. The quantitative estimate of drug-likeness (QED) is 0.297. The highest BCUT2D eigenvalue weighted by Crippen LogP contribution is 2.21. The van der Waals surface area contributed by atoms with E-state index >= 15 is 0 Å². The number of anilines is 1. The van der Waals surface area contributed by atoms with Gasteiger partial charge in [0.1, 0.15) is 0 Å². The molecule has 1 aliphatic heterocycles. The molecule has 0 aliphatic carbocycles. The van der Waals surface area contributed by atoms with Crippen molar-refractivity contribution in [1.29, 1.82) is 0 Å². The fraction of sp³-hybridized carbons (Fsp3) is 0.265. The number of rotatable bonds is 7. The molecule has 0 bridgehead atoms. The Kier molecular flexibility index (Phi) is 8.32. The van der Waals surface area contributed by atoms with Gasteiger partial charge >= 0.3 is 0 Å². The van der Waals surface area contributed by atoms with E-state index < -0.39 is 0 Å². The number of carbonyl (C=O) groups is 1. The predicted molar refractivity (Wildman–Crippen MR) is 157 cm³/mol. The van der Waals surface area contributed by atoms with Crippen molar-refractivity contribution in [2.45, 2.75) is 33.4 Å². The molecule has 0 spiro atoms. The summed E-state index contributed by atoms with van der Waals surface area (Å²) in [5.41, 5.74) is 9.11. The van der Waals surface area contributed by atoms with E-state index in [1.54, 1.807) is 0 Å². The first-order valence-electron chi connectivity index (χ1n) is 13.6. The fourth-order valence-electron chi connectivity index (χ4n) is 5.15. The highest BCUT2D eigenvalue weighted by atomic mass is 16.1. The molecule has 0 radical (unpaired) electrons. The minimum Gasteiger partial charge on any atom is -0.322 e. The molecule has 4 aromatic carbocycles. The molecule has 1 amide bonds. The van der Waals surface area contributed by atoms with E-state index in [-0.39, 0.29) is 5.91 Å². The third-order valence-corrected chi connectivity index (χ3v) is 7.50. The molecule has 5 rings (SSSR count). The van der Waals surface area contributed by atoms with Crippen LogP contribution < -0.4 is 5.32 Å². The maximum absolute atomic E-state index is 12.9. The van der Waals surface area contributed by atoms with Crippen molar-refractivity contribution in [1.82, 2.24) is 9.80 Å². The Hall–Kier alpha value is -3.73. The van der Waals surface area contributed by atoms with Gasteiger partial charge in [-0.15, -0.1) is 0 Å². The molecule has 0 unspecified atom stereocenters. The Morgan fingerprint density at radius 1 is 0.658 bits per heavy atom. The van der Waals surface area contributed by atoms with Crippen LogP contribution in [0.4, 0.5) is 5.69 Å². The van der Waals surface area contributed by atoms with E-state index in [0.717, 1.165) is 56.1 Å². The van der Waals surface area contributed by atoms with Gasteiger partial charge in [0.05, 0.1) is 0 Å². The first-order chi connectivity index (χ1) is 18.5. The molecule has 4 aromatic rings. The molecule has 194 valence electrons. The second kappa shape index (κ2) is 12.2. The van der Waals surface area contributed by atoms with Crippen LogP contribution in [0.15, 0.2) is 97.1 Å². The van der Waals surface area contributed by atoms with E-state index in [4.69, 9.17) is 0 Å². The van der Waals surface area contributed by atoms with Crippen molar-refractivity contribution in [3.05, 3.63) is 125 Å². The summed E-state index contributed by atoms with van der Waals surface area (Å²) in [6.07, 6.45) is 1.17. The van der Waals surface area contributed by atoms with E-state index in [2.05, 4.69) is 71.4 Å². The van der Waals surface area contributed by atoms with Crippen molar-refractivity contribution >= 4 is 11.6 Å². The second-order valence-corrected chi connectivity index (χ2v) is 10.4. The minimum atomic E-state index is -0.0847. The molecule has 0 aromatic heterocycles. The van der Waals surface area contributed by atoms with Gasteiger partial charge < -0.3 is 5.32 Å². The molecule has 38 heavy (non-hydrogen) atoms. The zero-order chi connectivity index (χ0) is 26.3. The lowest BCUT2D eigenvalue weighted by atomic mass is 10.0. The van der Waals surface area contributed by atoms with E-state index in [0.29, 0.717) is 5.56 Å². The molecule has 4 heteroatoms. The molecule has 1 heterocycles. The number of hydrogen-bond acceptors (Lipinski definition) is 3. The summed E-state index contributed by atoms with van der Waals surface area (Å²) < 4.78 is 0. The Morgan fingerprint density at radius 3 is 2.00 bits per heavy atom. The van der Waals surface area contributed by atoms with Crippen molar-refractivity contribution in [3.63, 3.8) is 0 Å². The first-order valence-corrected chi connectivity index (χ1v) is 13.6. The zero-order valence-electron chi connectivity index (χ0n) is 22.5. The van der Waals surface area contributed by atoms with Crippen molar-refractivity contribution < 1.29 is 4.79 Å². The molecule has 4 nitrogen and oxygen atoms in total. The SMILES string of the molecule is Cc1ccc(CN2CCCN(Cc3cccc(NC(=O)c4ccc(-c5ccccc5)cc4)c3)CC2)cc1C. The maximum Gasteiger partial charge on any atom is 0.255 e. The third-order valence-electron chi connectivity index (χ3n) is 7.50. The lowest BCUT2D eigenvalue weighted by Crippen LogP contribution is -2.30. The summed E-state index contributed by atoms with van der Waals surface area (Å²) in [5, 5.41) is 3.08. The van der Waals surface area contributed by atoms with Crippen LogP contribution >= 0.6 is 0 Å². The summed E-state index contributed by atoms with van der Waals surface area (Å²) in [6.45, 7) is 10.6. The summed E-state index contributed by atoms with van der Waals surface area (Å²) in [5.74, 6) is -0.0847. The van der Waals surface area contributed by atoms with Crippen LogP contribution in [-0.4, -0.2) is 41.9 Å². The predicted octanol–water partition coefficient (Wildman–Crippen LogP) is 6.93. The third kappa shape index (κ3) is 6.77. The summed E-state index contributed by atoms with van der Waals surface area (Å²) >= 11 is 0. The van der Waals surface area contributed by atoms with Crippen molar-refractivity contribution in [2.75, 3.05) is 31.5 Å². The maximum atomic E-state index is 12.9. The Balaban J connectivity index is 1.15. The summed E-state index contributed by atoms with van der Waals surface area (Å²) in [7, 11) is 0. The van der Waals surface area contributed by atoms with E-state index in [9.17, 15) is 4.79 Å². The standard InChI is InChI=1S/C34H37N3O/c1-26-12-13-29(22-27(26)2)25-37-19-7-18-36(20-21-37)24-28-8-6-11-33(23-28)35-34(38)32-16-14-31(15-17-32)30-9-4-3-5-10-30/h3-6,8-17,22-23H,7,18-21,24-25H2,1-2H3,(H,35,38). The molecule has 1 saturated heterocycles. The molecular weight excluding hydrogens is 466 g/mol. The van der Waals surface area contributed by atoms with E-state index in [1.165, 1.54) is 28.7 Å². The van der Waals surface area contributed by atoms with Crippen LogP contribution in [0, 0.1) is 13.8 Å². The lowest BCUT2D eigenvalue weighted by Gasteiger charge is -2.22. The van der Waals surface area contributed by atoms with Gasteiger partial charge in [0.2, 0.25) is 0 Å². The molecule has 1 aliphatic rings. The Labute approximate surface area is 226 Å². The largest absolute Gasteiger partial charge is 0.322 e. The number of nitrogens with zero attached hydrogens (tertiary/aromatic N) is 2. The van der Waals surface area contributed by atoms with Gasteiger partial charge in [0.15, 0.2) is 0 Å². The van der Waals surface area contributed by atoms with Crippen molar-refractivity contribution in [2.24, 2.45) is 0 Å². The monoisotopic (exact) mass is 503 g/mol. The number of aryl methyl sites for hydroxylation is 2. The van der Waals surface area contributed by atoms with Crippen LogP contribution in [0.5, 0.6) is 0 Å². The second-order valence-electron chi connectivity index (χ2n) is 10.4. The zero-order valence-corrected chi connectivity index (χ0v) is 22.5. The average Bonchev–Trinajstić information content (AvgIpc) is 3.16. The smallest absolute Gasteiger partial charge is 0.255 e. The van der Waals surface area contributed by atoms with Gasteiger partial charge in [0.25, 0.3) is 5.91 Å². The number of benzene rings is 4. The van der Waals surface area contributed by atoms with Gasteiger partial charge in [-0.3, -0.25) is 14.6 Å². The number of amides is 1. The normalized spacial score (nSPS) is 14.7. The van der Waals surface area contributed by atoms with Crippen LogP contribution in [-0.2, 0) is 13.1 Å². The fourth-order valence-corrected chi connectivity index (χ4v) is 5.15. The van der Waals surface area contributed by atoms with Crippen LogP contribution in [0.25, 0.3) is 11.1 Å². The number of hydrogen-bond donors (Lipinski definition) is 1. The number of carbonyl (C=O) groups excluding carboxylic acids is 1. The lowest BCUT2D eigenvalue weighted by molar-refractivity contribution is 0.102. The first kappa shape index (κ1) is 25.9. The van der Waals surface area contributed by atoms with Crippen LogP contribution in [0.2, 0.25) is 0 Å². The van der Waals surface area contributed by atoms with Gasteiger partial charge in [-0.1, -0.05) is 72.8 Å². The van der Waals surface area contributed by atoms with Gasteiger partial charge in [-0.2, -0.15) is 0 Å². The molecule has 0 atom stereocenters. The Morgan fingerprint density at radius 2 is 1.32 bits per heavy atom. The highest BCUT2D eigenvalue weighted by molar-refractivity contribution is 6.04. The minimum absolute atomic E-state index is 0.0847. The van der Waals surface area contributed by atoms with Gasteiger partial charge in [-0.05, 0) is 91.0 Å². The van der Waals surface area contributed by atoms with Crippen molar-refractivity contribution in [3.8, 4) is 11.1 Å². The average molecular weight is 504 g/mol. The van der Waals surface area contributed by atoms with Gasteiger partial charge in [-0.25, -0.2) is 0 Å². The summed E-state index contributed by atoms with van der Waals surface area (Å²) in [6, 6.07) is 33.1. The van der Waals surface area contributed by atoms with Gasteiger partial charge in [0, 0.05) is 37.4 Å². The summed E-state index contributed by atoms with van der Waals surface area (Å²) in [4.78, 5) is 18.0. The highest BCUT2D eigenvalue weighted by Gasteiger charge is 2.16. The van der Waals surface area contributed by atoms with Crippen LogP contribution in [0.1, 0.15) is 39.0 Å². The topological polar surface area (TPSA) is 35.6 Å². The molecule has 0 saturated carbocycles. The molecule has 1 fully saturated rings. The molecular formula is C34H37N3O. The van der Waals surface area contributed by atoms with Crippen LogP contribution in [0.3, 0.4) is 0 Å².